The minimum Gasteiger partial charge on any atom is -0.290 e. The highest BCUT2D eigenvalue weighted by Crippen LogP contribution is 2.24. The third kappa shape index (κ3) is 3.56. The van der Waals surface area contributed by atoms with E-state index in [0.29, 0.717) is 16.9 Å². The highest BCUT2D eigenvalue weighted by molar-refractivity contribution is 7.98. The molecule has 3 N–H and O–H groups in total. The molecule has 0 spiro atoms. The van der Waals surface area contributed by atoms with Crippen LogP contribution < -0.4 is 11.3 Å². The summed E-state index contributed by atoms with van der Waals surface area (Å²) >= 11 is 1.51. The molecule has 0 saturated carbocycles. The number of amides is 1. The minimum atomic E-state index is -0.425. The number of nitrogen functional groups attached to an aromatic ring is 1. The van der Waals surface area contributed by atoms with E-state index in [0.717, 1.165) is 4.90 Å². The molecule has 0 aliphatic heterocycles. The molecule has 0 saturated heterocycles. The van der Waals surface area contributed by atoms with Crippen LogP contribution in [0.5, 0.6) is 0 Å². The molecule has 0 aliphatic carbocycles. The second-order valence-corrected chi connectivity index (χ2v) is 4.93. The van der Waals surface area contributed by atoms with Crippen LogP contribution in [0.15, 0.2) is 53.4 Å². The number of carbonyl (C=O) groups is 1. The lowest BCUT2D eigenvalue weighted by molar-refractivity contribution is 0.0953. The van der Waals surface area contributed by atoms with E-state index in [2.05, 4.69) is 0 Å². The number of halogens is 1. The van der Waals surface area contributed by atoms with Crippen molar-refractivity contribution in [3.05, 3.63) is 65.5 Å². The Bertz CT molecular complexity index is 575. The molecular weight excluding hydrogens is 263 g/mol. The second kappa shape index (κ2) is 6.36. The molecule has 2 rings (SSSR count). The summed E-state index contributed by atoms with van der Waals surface area (Å²) in [6, 6.07) is 13.9. The number of thioether (sulfide) groups is 1. The van der Waals surface area contributed by atoms with Crippen LogP contribution in [0.3, 0.4) is 0 Å². The fourth-order valence-electron chi connectivity index (χ4n) is 1.59. The molecule has 2 aromatic carbocycles. The van der Waals surface area contributed by atoms with Gasteiger partial charge in [-0.15, -0.1) is 11.8 Å². The van der Waals surface area contributed by atoms with Gasteiger partial charge in [0.1, 0.15) is 5.82 Å². The predicted molar refractivity (Wildman–Crippen MR) is 74.1 cm³/mol. The van der Waals surface area contributed by atoms with Crippen LogP contribution in [0.2, 0.25) is 0 Å². The summed E-state index contributed by atoms with van der Waals surface area (Å²) < 4.78 is 13.7. The zero-order valence-corrected chi connectivity index (χ0v) is 10.9. The van der Waals surface area contributed by atoms with E-state index in [1.54, 1.807) is 0 Å². The first-order valence-corrected chi connectivity index (χ1v) is 6.66. The van der Waals surface area contributed by atoms with Crippen molar-refractivity contribution in [1.29, 1.82) is 0 Å². The first-order valence-electron chi connectivity index (χ1n) is 5.68. The van der Waals surface area contributed by atoms with E-state index >= 15 is 0 Å². The Labute approximate surface area is 115 Å². The van der Waals surface area contributed by atoms with Crippen molar-refractivity contribution >= 4 is 17.7 Å². The van der Waals surface area contributed by atoms with Gasteiger partial charge in [-0.1, -0.05) is 18.2 Å². The van der Waals surface area contributed by atoms with Crippen molar-refractivity contribution in [1.82, 2.24) is 5.43 Å². The lowest BCUT2D eigenvalue weighted by Gasteiger charge is -2.06. The van der Waals surface area contributed by atoms with Gasteiger partial charge in [0, 0.05) is 16.2 Å². The average Bonchev–Trinajstić information content (AvgIpc) is 2.46. The van der Waals surface area contributed by atoms with Crippen molar-refractivity contribution < 1.29 is 9.18 Å². The maximum atomic E-state index is 13.7. The molecule has 0 heterocycles. The minimum absolute atomic E-state index is 0.322. The number of nitrogens with one attached hydrogen (secondary N) is 1. The van der Waals surface area contributed by atoms with E-state index in [4.69, 9.17) is 5.84 Å². The third-order valence-corrected chi connectivity index (χ3v) is 3.64. The number of rotatable bonds is 4. The lowest BCUT2D eigenvalue weighted by Crippen LogP contribution is -2.30. The number of nitrogens with two attached hydrogens (primary N) is 1. The summed E-state index contributed by atoms with van der Waals surface area (Å²) in [5.41, 5.74) is 2.87. The van der Waals surface area contributed by atoms with Gasteiger partial charge in [-0.3, -0.25) is 10.2 Å². The molecule has 19 heavy (non-hydrogen) atoms. The Morgan fingerprint density at radius 3 is 2.63 bits per heavy atom. The van der Waals surface area contributed by atoms with E-state index < -0.39 is 5.91 Å². The third-order valence-electron chi connectivity index (χ3n) is 2.58. The predicted octanol–water partition coefficient (Wildman–Crippen LogP) is 2.72. The van der Waals surface area contributed by atoms with Gasteiger partial charge >= 0.3 is 0 Å². The first kappa shape index (κ1) is 13.6. The quantitative estimate of drug-likeness (QED) is 0.391. The van der Waals surface area contributed by atoms with Gasteiger partial charge in [0.15, 0.2) is 0 Å². The van der Waals surface area contributed by atoms with Crippen molar-refractivity contribution in [3.8, 4) is 0 Å². The topological polar surface area (TPSA) is 55.1 Å². The average molecular weight is 276 g/mol. The van der Waals surface area contributed by atoms with E-state index in [1.165, 1.54) is 30.0 Å². The normalized spacial score (nSPS) is 10.2. The molecule has 5 heteroatoms. The SMILES string of the molecule is NNC(=O)c1ccc(F)c(CSc2ccccc2)c1. The van der Waals surface area contributed by atoms with E-state index in [9.17, 15) is 9.18 Å². The first-order chi connectivity index (χ1) is 9.20. The fourth-order valence-corrected chi connectivity index (χ4v) is 2.48. The Kier molecular flexibility index (Phi) is 4.54. The Hall–Kier alpha value is -1.85. The highest BCUT2D eigenvalue weighted by Gasteiger charge is 2.09. The van der Waals surface area contributed by atoms with Gasteiger partial charge in [-0.05, 0) is 35.9 Å². The number of benzene rings is 2. The van der Waals surface area contributed by atoms with Gasteiger partial charge in [0.2, 0.25) is 0 Å². The number of carbonyl (C=O) groups excluding carboxylic acids is 1. The van der Waals surface area contributed by atoms with Crippen LogP contribution in [0, 0.1) is 5.82 Å². The molecule has 1 amide bonds. The summed E-state index contributed by atoms with van der Waals surface area (Å²) in [7, 11) is 0. The van der Waals surface area contributed by atoms with Gasteiger partial charge in [0.05, 0.1) is 0 Å². The van der Waals surface area contributed by atoms with Gasteiger partial charge in [0.25, 0.3) is 5.91 Å². The maximum Gasteiger partial charge on any atom is 0.265 e. The summed E-state index contributed by atoms with van der Waals surface area (Å²) in [6.07, 6.45) is 0. The standard InChI is InChI=1S/C14H13FN2OS/c15-13-7-6-10(14(18)17-16)8-11(13)9-19-12-4-2-1-3-5-12/h1-8H,9,16H2,(H,17,18). The van der Waals surface area contributed by atoms with E-state index in [1.807, 2.05) is 35.8 Å². The Morgan fingerprint density at radius 2 is 1.95 bits per heavy atom. The molecule has 0 bridgehead atoms. The fraction of sp³-hybridized carbons (Fsp3) is 0.0714. The van der Waals surface area contributed by atoms with Crippen molar-refractivity contribution in [2.75, 3.05) is 0 Å². The molecule has 3 nitrogen and oxygen atoms in total. The molecule has 0 unspecified atom stereocenters. The van der Waals surface area contributed by atoms with Crippen LogP contribution in [0.25, 0.3) is 0 Å². The molecule has 0 radical (unpaired) electrons. The van der Waals surface area contributed by atoms with Gasteiger partial charge in [-0.25, -0.2) is 10.2 Å². The summed E-state index contributed by atoms with van der Waals surface area (Å²) in [5, 5.41) is 0. The Balaban J connectivity index is 2.13. The second-order valence-electron chi connectivity index (χ2n) is 3.88. The lowest BCUT2D eigenvalue weighted by atomic mass is 10.1. The smallest absolute Gasteiger partial charge is 0.265 e. The molecule has 0 fully saturated rings. The van der Waals surface area contributed by atoms with Crippen LogP contribution in [-0.2, 0) is 5.75 Å². The van der Waals surface area contributed by atoms with Crippen LogP contribution in [0.1, 0.15) is 15.9 Å². The zero-order chi connectivity index (χ0) is 13.7. The number of hydrogen-bond acceptors (Lipinski definition) is 3. The summed E-state index contributed by atoms with van der Waals surface area (Å²) in [4.78, 5) is 12.4. The van der Waals surface area contributed by atoms with Gasteiger partial charge in [-0.2, -0.15) is 0 Å². The zero-order valence-electron chi connectivity index (χ0n) is 10.1. The molecule has 0 aliphatic rings. The van der Waals surface area contributed by atoms with Crippen molar-refractivity contribution in [2.45, 2.75) is 10.6 Å². The maximum absolute atomic E-state index is 13.7. The molecule has 0 atom stereocenters. The molecule has 98 valence electrons. The van der Waals surface area contributed by atoms with Crippen molar-refractivity contribution in [3.63, 3.8) is 0 Å². The molecular formula is C14H13FN2OS. The van der Waals surface area contributed by atoms with E-state index in [-0.39, 0.29) is 5.82 Å². The highest BCUT2D eigenvalue weighted by atomic mass is 32.2. The molecule has 2 aromatic rings. The molecule has 0 aromatic heterocycles. The summed E-state index contributed by atoms with van der Waals surface area (Å²) in [6.45, 7) is 0. The summed E-state index contributed by atoms with van der Waals surface area (Å²) in [5.74, 6) is 4.77. The monoisotopic (exact) mass is 276 g/mol. The largest absolute Gasteiger partial charge is 0.290 e. The number of hydrogen-bond donors (Lipinski definition) is 2. The Morgan fingerprint density at radius 1 is 1.21 bits per heavy atom. The van der Waals surface area contributed by atoms with Crippen LogP contribution in [0.4, 0.5) is 4.39 Å². The van der Waals surface area contributed by atoms with Crippen LogP contribution >= 0.6 is 11.8 Å². The number of hydrazine groups is 1. The van der Waals surface area contributed by atoms with Crippen molar-refractivity contribution in [2.24, 2.45) is 5.84 Å². The van der Waals surface area contributed by atoms with Gasteiger partial charge < -0.3 is 0 Å². The van der Waals surface area contributed by atoms with Crippen LogP contribution in [-0.4, -0.2) is 5.91 Å².